The monoisotopic (exact) mass is 171 g/mol. The van der Waals surface area contributed by atoms with Crippen LogP contribution in [0.1, 0.15) is 19.3 Å². The summed E-state index contributed by atoms with van der Waals surface area (Å²) in [6.07, 6.45) is 4.81. The number of β-amino-alcohol motifs (C(OH)–C–C–N with tert-alkyl or cyclic N) is 1. The van der Waals surface area contributed by atoms with E-state index in [1.54, 1.807) is 6.08 Å². The number of nitrogens with one attached hydrogen (secondary N) is 1. The van der Waals surface area contributed by atoms with E-state index in [9.17, 15) is 9.50 Å². The maximum atomic E-state index is 12.0. The smallest absolute Gasteiger partial charge is 0.0830 e. The molecule has 2 nitrogen and oxygen atoms in total. The fourth-order valence-corrected chi connectivity index (χ4v) is 2.09. The Morgan fingerprint density at radius 2 is 2.25 bits per heavy atom. The fourth-order valence-electron chi connectivity index (χ4n) is 2.09. The molecule has 68 valence electrons. The Morgan fingerprint density at radius 3 is 2.83 bits per heavy atom. The fraction of sp³-hybridized carbons (Fsp3) is 0.778. The third-order valence-corrected chi connectivity index (χ3v) is 3.02. The lowest BCUT2D eigenvalue weighted by atomic mass is 9.87. The molecule has 2 fully saturated rings. The predicted octanol–water partition coefficient (Wildman–Crippen LogP) is 0.973. The van der Waals surface area contributed by atoms with Crippen LogP contribution < -0.4 is 5.32 Å². The zero-order valence-corrected chi connectivity index (χ0v) is 6.96. The molecule has 1 saturated heterocycles. The Kier molecular flexibility index (Phi) is 1.93. The highest BCUT2D eigenvalue weighted by Gasteiger charge is 2.50. The molecule has 0 aromatic heterocycles. The Bertz CT molecular complexity index is 201. The van der Waals surface area contributed by atoms with Gasteiger partial charge in [0.25, 0.3) is 0 Å². The van der Waals surface area contributed by atoms with E-state index < -0.39 is 0 Å². The van der Waals surface area contributed by atoms with Crippen LogP contribution in [0.4, 0.5) is 4.39 Å². The van der Waals surface area contributed by atoms with Gasteiger partial charge in [0.15, 0.2) is 0 Å². The minimum atomic E-state index is -0.308. The molecule has 0 aromatic carbocycles. The largest absolute Gasteiger partial charge is 0.392 e. The number of aliphatic hydroxyl groups is 1. The highest BCUT2D eigenvalue weighted by molar-refractivity contribution is 5.14. The molecule has 1 aliphatic carbocycles. The summed E-state index contributed by atoms with van der Waals surface area (Å²) in [5.74, 6) is 0.186. The number of rotatable bonds is 1. The van der Waals surface area contributed by atoms with Crippen molar-refractivity contribution in [1.82, 2.24) is 5.32 Å². The van der Waals surface area contributed by atoms with Gasteiger partial charge >= 0.3 is 0 Å². The number of hydrogen-bond acceptors (Lipinski definition) is 2. The molecule has 0 amide bonds. The van der Waals surface area contributed by atoms with Crippen molar-refractivity contribution in [3.8, 4) is 0 Å². The Morgan fingerprint density at radius 1 is 1.50 bits per heavy atom. The molecule has 0 aromatic rings. The molecule has 2 N–H and O–H groups in total. The zero-order chi connectivity index (χ0) is 8.60. The minimum absolute atomic E-state index is 0.141. The second-order valence-electron chi connectivity index (χ2n) is 3.85. The minimum Gasteiger partial charge on any atom is -0.392 e. The van der Waals surface area contributed by atoms with Gasteiger partial charge in [-0.15, -0.1) is 0 Å². The number of piperidine rings is 1. The summed E-state index contributed by atoms with van der Waals surface area (Å²) in [7, 11) is 0. The van der Waals surface area contributed by atoms with E-state index in [-0.39, 0.29) is 17.6 Å². The van der Waals surface area contributed by atoms with E-state index in [0.717, 1.165) is 12.8 Å². The lowest BCUT2D eigenvalue weighted by Crippen LogP contribution is -2.48. The van der Waals surface area contributed by atoms with Gasteiger partial charge < -0.3 is 10.4 Å². The summed E-state index contributed by atoms with van der Waals surface area (Å²) in [4.78, 5) is 0. The first-order valence-electron chi connectivity index (χ1n) is 4.47. The van der Waals surface area contributed by atoms with Crippen LogP contribution in [0.25, 0.3) is 0 Å². The maximum absolute atomic E-state index is 12.0. The van der Waals surface area contributed by atoms with Crippen molar-refractivity contribution in [2.24, 2.45) is 5.92 Å². The van der Waals surface area contributed by atoms with Gasteiger partial charge in [0, 0.05) is 18.0 Å². The van der Waals surface area contributed by atoms with E-state index >= 15 is 0 Å². The van der Waals surface area contributed by atoms with Crippen molar-refractivity contribution in [2.75, 3.05) is 6.54 Å². The third kappa shape index (κ3) is 1.27. The Balaban J connectivity index is 2.05. The van der Waals surface area contributed by atoms with E-state index in [1.807, 2.05) is 0 Å². The summed E-state index contributed by atoms with van der Waals surface area (Å²) >= 11 is 0. The Labute approximate surface area is 71.5 Å². The molecule has 0 radical (unpaired) electrons. The van der Waals surface area contributed by atoms with Crippen LogP contribution in [0.2, 0.25) is 0 Å². The van der Waals surface area contributed by atoms with Gasteiger partial charge in [0.05, 0.1) is 12.4 Å². The van der Waals surface area contributed by atoms with Crippen molar-refractivity contribution in [3.05, 3.63) is 12.4 Å². The molecule has 0 bridgehead atoms. The van der Waals surface area contributed by atoms with Gasteiger partial charge in [-0.05, 0) is 19.3 Å². The summed E-state index contributed by atoms with van der Waals surface area (Å²) in [6.45, 7) is 0.663. The molecule has 2 unspecified atom stereocenters. The summed E-state index contributed by atoms with van der Waals surface area (Å²) in [5.41, 5.74) is 0.141. The molecule has 2 rings (SSSR count). The second kappa shape index (κ2) is 2.82. The lowest BCUT2D eigenvalue weighted by Gasteiger charge is -2.33. The van der Waals surface area contributed by atoms with Crippen LogP contribution in [-0.4, -0.2) is 23.3 Å². The SMILES string of the molecule is OC1CNC2(CC2)C(/C=C\F)C1. The molecule has 1 heterocycles. The first-order valence-corrected chi connectivity index (χ1v) is 4.47. The topological polar surface area (TPSA) is 32.3 Å². The zero-order valence-electron chi connectivity index (χ0n) is 6.96. The van der Waals surface area contributed by atoms with Crippen molar-refractivity contribution in [1.29, 1.82) is 0 Å². The standard InChI is InChI=1S/C9H14FNO/c10-4-1-7-5-8(12)6-11-9(7)2-3-9/h1,4,7-8,11-12H,2-3,5-6H2/b4-1-. The molecule has 1 aliphatic heterocycles. The first-order chi connectivity index (χ1) is 5.77. The summed E-state index contributed by atoms with van der Waals surface area (Å²) < 4.78 is 12.0. The van der Waals surface area contributed by atoms with Crippen LogP contribution in [0.15, 0.2) is 12.4 Å². The highest BCUT2D eigenvalue weighted by Crippen LogP contribution is 2.46. The number of halogens is 1. The maximum Gasteiger partial charge on any atom is 0.0830 e. The second-order valence-corrected chi connectivity index (χ2v) is 3.85. The molecule has 2 atom stereocenters. The van der Waals surface area contributed by atoms with E-state index in [1.165, 1.54) is 0 Å². The average molecular weight is 171 g/mol. The molecular weight excluding hydrogens is 157 g/mol. The van der Waals surface area contributed by atoms with Crippen LogP contribution in [0, 0.1) is 5.92 Å². The average Bonchev–Trinajstić information content (AvgIpc) is 2.80. The molecule has 3 heteroatoms. The van der Waals surface area contributed by atoms with Crippen molar-refractivity contribution < 1.29 is 9.50 Å². The van der Waals surface area contributed by atoms with Gasteiger partial charge in [0.2, 0.25) is 0 Å². The van der Waals surface area contributed by atoms with Gasteiger partial charge in [-0.1, -0.05) is 6.08 Å². The summed E-state index contributed by atoms with van der Waals surface area (Å²) in [5, 5.41) is 12.6. The van der Waals surface area contributed by atoms with Gasteiger partial charge in [0.1, 0.15) is 0 Å². The molecule has 1 saturated carbocycles. The van der Waals surface area contributed by atoms with Gasteiger partial charge in [-0.2, -0.15) is 0 Å². The van der Waals surface area contributed by atoms with Crippen LogP contribution in [-0.2, 0) is 0 Å². The Hall–Kier alpha value is -0.410. The number of aliphatic hydroxyl groups excluding tert-OH is 1. The first kappa shape index (κ1) is 8.20. The quantitative estimate of drug-likeness (QED) is 0.616. The molecule has 12 heavy (non-hydrogen) atoms. The van der Waals surface area contributed by atoms with E-state index in [0.29, 0.717) is 19.3 Å². The van der Waals surface area contributed by atoms with Crippen LogP contribution >= 0.6 is 0 Å². The van der Waals surface area contributed by atoms with Crippen LogP contribution in [0.3, 0.4) is 0 Å². The highest BCUT2D eigenvalue weighted by atomic mass is 19.1. The molecule has 2 aliphatic rings. The predicted molar refractivity (Wildman–Crippen MR) is 44.3 cm³/mol. The van der Waals surface area contributed by atoms with Crippen molar-refractivity contribution >= 4 is 0 Å². The summed E-state index contributed by atoms with van der Waals surface area (Å²) in [6, 6.07) is 0. The van der Waals surface area contributed by atoms with E-state index in [4.69, 9.17) is 0 Å². The van der Waals surface area contributed by atoms with Gasteiger partial charge in [-0.3, -0.25) is 0 Å². The van der Waals surface area contributed by atoms with E-state index in [2.05, 4.69) is 5.32 Å². The van der Waals surface area contributed by atoms with Gasteiger partial charge in [-0.25, -0.2) is 4.39 Å². The molecular formula is C9H14FNO. The van der Waals surface area contributed by atoms with Crippen molar-refractivity contribution in [3.63, 3.8) is 0 Å². The van der Waals surface area contributed by atoms with Crippen LogP contribution in [0.5, 0.6) is 0 Å². The lowest BCUT2D eigenvalue weighted by molar-refractivity contribution is 0.0980. The normalized spacial score (nSPS) is 39.2. The van der Waals surface area contributed by atoms with Crippen molar-refractivity contribution in [2.45, 2.75) is 30.9 Å². The molecule has 1 spiro atoms. The number of hydrogen-bond donors (Lipinski definition) is 2. The third-order valence-electron chi connectivity index (χ3n) is 3.02.